The van der Waals surface area contributed by atoms with Crippen LogP contribution in [0.2, 0.25) is 0 Å². The Morgan fingerprint density at radius 2 is 1.90 bits per heavy atom. The summed E-state index contributed by atoms with van der Waals surface area (Å²) in [5, 5.41) is 10.4. The first-order chi connectivity index (χ1) is 9.51. The second-order valence-corrected chi connectivity index (χ2v) is 5.04. The van der Waals surface area contributed by atoms with Crippen LogP contribution in [-0.2, 0) is 6.42 Å². The Morgan fingerprint density at radius 1 is 1.15 bits per heavy atom. The molecule has 0 saturated carbocycles. The molecule has 0 aliphatic rings. The molecule has 106 valence electrons. The van der Waals surface area contributed by atoms with Gasteiger partial charge in [-0.3, -0.25) is 0 Å². The zero-order chi connectivity index (χ0) is 14.7. The summed E-state index contributed by atoms with van der Waals surface area (Å²) < 4.78 is 18.6. The van der Waals surface area contributed by atoms with E-state index in [0.29, 0.717) is 12.2 Å². The second-order valence-electron chi connectivity index (χ2n) is 5.04. The van der Waals surface area contributed by atoms with Crippen molar-refractivity contribution < 1.29 is 14.2 Å². The standard InChI is InChI=1S/C17H19FO2/c1-11-4-7-17(20-3)15(8-11)16(19)10-13-9-14(18)6-5-12(13)2/h4-9,16,19H,10H2,1-3H3. The fourth-order valence-corrected chi connectivity index (χ4v) is 2.29. The zero-order valence-corrected chi connectivity index (χ0v) is 12.0. The Hall–Kier alpha value is -1.87. The van der Waals surface area contributed by atoms with Crippen LogP contribution in [0.1, 0.15) is 28.4 Å². The van der Waals surface area contributed by atoms with E-state index in [1.165, 1.54) is 12.1 Å². The number of ether oxygens (including phenoxy) is 1. The molecule has 0 saturated heterocycles. The third kappa shape index (κ3) is 3.17. The predicted molar refractivity (Wildman–Crippen MR) is 77.5 cm³/mol. The Balaban J connectivity index is 2.30. The molecule has 0 aromatic heterocycles. The Kier molecular flexibility index (Phi) is 4.40. The van der Waals surface area contributed by atoms with Crippen LogP contribution in [0, 0.1) is 19.7 Å². The van der Waals surface area contributed by atoms with Crippen LogP contribution in [0.15, 0.2) is 36.4 Å². The fourth-order valence-electron chi connectivity index (χ4n) is 2.29. The number of rotatable bonds is 4. The van der Waals surface area contributed by atoms with Gasteiger partial charge in [0.05, 0.1) is 13.2 Å². The van der Waals surface area contributed by atoms with Crippen LogP contribution < -0.4 is 4.74 Å². The van der Waals surface area contributed by atoms with Gasteiger partial charge < -0.3 is 9.84 Å². The molecule has 0 aliphatic carbocycles. The van der Waals surface area contributed by atoms with Gasteiger partial charge in [0, 0.05) is 12.0 Å². The van der Waals surface area contributed by atoms with Crippen LogP contribution in [0.3, 0.4) is 0 Å². The van der Waals surface area contributed by atoms with Gasteiger partial charge in [-0.25, -0.2) is 4.39 Å². The Morgan fingerprint density at radius 3 is 2.60 bits per heavy atom. The van der Waals surface area contributed by atoms with Crippen molar-refractivity contribution in [3.8, 4) is 5.75 Å². The maximum atomic E-state index is 13.3. The summed E-state index contributed by atoms with van der Waals surface area (Å²) in [5.41, 5.74) is 3.56. The zero-order valence-electron chi connectivity index (χ0n) is 12.0. The molecule has 1 unspecified atom stereocenters. The average Bonchev–Trinajstić information content (AvgIpc) is 2.42. The second kappa shape index (κ2) is 6.06. The van der Waals surface area contributed by atoms with E-state index in [2.05, 4.69) is 0 Å². The maximum Gasteiger partial charge on any atom is 0.124 e. The van der Waals surface area contributed by atoms with E-state index in [1.807, 2.05) is 32.0 Å². The minimum atomic E-state index is -0.717. The highest BCUT2D eigenvalue weighted by molar-refractivity contribution is 5.39. The minimum Gasteiger partial charge on any atom is -0.496 e. The summed E-state index contributed by atoms with van der Waals surface area (Å²) in [6.45, 7) is 3.87. The lowest BCUT2D eigenvalue weighted by Crippen LogP contribution is -2.06. The molecular weight excluding hydrogens is 255 g/mol. The monoisotopic (exact) mass is 274 g/mol. The van der Waals surface area contributed by atoms with Gasteiger partial charge in [0.1, 0.15) is 11.6 Å². The lowest BCUT2D eigenvalue weighted by molar-refractivity contribution is 0.173. The molecule has 2 rings (SSSR count). The number of hydrogen-bond donors (Lipinski definition) is 1. The number of aryl methyl sites for hydroxylation is 2. The van der Waals surface area contributed by atoms with Crippen molar-refractivity contribution in [3.63, 3.8) is 0 Å². The molecule has 0 radical (unpaired) electrons. The molecule has 2 aromatic carbocycles. The summed E-state index contributed by atoms with van der Waals surface area (Å²) in [7, 11) is 1.58. The molecule has 2 aromatic rings. The van der Waals surface area contributed by atoms with E-state index in [0.717, 1.165) is 22.3 Å². The van der Waals surface area contributed by atoms with Crippen molar-refractivity contribution in [2.24, 2.45) is 0 Å². The van der Waals surface area contributed by atoms with Crippen molar-refractivity contribution in [2.75, 3.05) is 7.11 Å². The SMILES string of the molecule is COc1ccc(C)cc1C(O)Cc1cc(F)ccc1C. The molecule has 3 heteroatoms. The van der Waals surface area contributed by atoms with E-state index in [9.17, 15) is 9.50 Å². The number of hydrogen-bond acceptors (Lipinski definition) is 2. The number of halogens is 1. The first-order valence-corrected chi connectivity index (χ1v) is 6.59. The number of aliphatic hydroxyl groups is 1. The fraction of sp³-hybridized carbons (Fsp3) is 0.294. The summed E-state index contributed by atoms with van der Waals surface area (Å²) in [6, 6.07) is 10.3. The molecule has 0 aliphatic heterocycles. The van der Waals surface area contributed by atoms with Crippen LogP contribution in [0.4, 0.5) is 4.39 Å². The van der Waals surface area contributed by atoms with E-state index in [1.54, 1.807) is 13.2 Å². The highest BCUT2D eigenvalue weighted by Gasteiger charge is 2.15. The average molecular weight is 274 g/mol. The van der Waals surface area contributed by atoms with E-state index in [-0.39, 0.29) is 5.82 Å². The third-order valence-corrected chi connectivity index (χ3v) is 3.47. The molecule has 2 nitrogen and oxygen atoms in total. The molecule has 1 N–H and O–H groups in total. The van der Waals surface area contributed by atoms with Crippen molar-refractivity contribution >= 4 is 0 Å². The first-order valence-electron chi connectivity index (χ1n) is 6.59. The minimum absolute atomic E-state index is 0.283. The largest absolute Gasteiger partial charge is 0.496 e. The summed E-state index contributed by atoms with van der Waals surface area (Å²) in [5.74, 6) is 0.367. The molecule has 20 heavy (non-hydrogen) atoms. The lowest BCUT2D eigenvalue weighted by atomic mass is 9.96. The Bertz CT molecular complexity index is 608. The maximum absolute atomic E-state index is 13.3. The van der Waals surface area contributed by atoms with E-state index < -0.39 is 6.10 Å². The summed E-state index contributed by atoms with van der Waals surface area (Å²) >= 11 is 0. The normalized spacial score (nSPS) is 12.2. The number of benzene rings is 2. The smallest absolute Gasteiger partial charge is 0.124 e. The van der Waals surface area contributed by atoms with Gasteiger partial charge in [-0.05, 0) is 49.2 Å². The van der Waals surface area contributed by atoms with Crippen LogP contribution in [-0.4, -0.2) is 12.2 Å². The van der Waals surface area contributed by atoms with Crippen LogP contribution >= 0.6 is 0 Å². The van der Waals surface area contributed by atoms with Gasteiger partial charge in [0.2, 0.25) is 0 Å². The van der Waals surface area contributed by atoms with Gasteiger partial charge >= 0.3 is 0 Å². The van der Waals surface area contributed by atoms with Gasteiger partial charge in [0.15, 0.2) is 0 Å². The van der Waals surface area contributed by atoms with Crippen molar-refractivity contribution in [3.05, 3.63) is 64.5 Å². The van der Waals surface area contributed by atoms with Crippen molar-refractivity contribution in [1.29, 1.82) is 0 Å². The number of aliphatic hydroxyl groups excluding tert-OH is 1. The van der Waals surface area contributed by atoms with E-state index >= 15 is 0 Å². The summed E-state index contributed by atoms with van der Waals surface area (Å²) in [4.78, 5) is 0. The predicted octanol–water partition coefficient (Wildman–Crippen LogP) is 3.73. The quantitative estimate of drug-likeness (QED) is 0.920. The van der Waals surface area contributed by atoms with Gasteiger partial charge in [-0.2, -0.15) is 0 Å². The van der Waals surface area contributed by atoms with Crippen molar-refractivity contribution in [2.45, 2.75) is 26.4 Å². The molecule has 0 amide bonds. The first kappa shape index (κ1) is 14.5. The van der Waals surface area contributed by atoms with Crippen LogP contribution in [0.5, 0.6) is 5.75 Å². The van der Waals surface area contributed by atoms with Gasteiger partial charge in [-0.1, -0.05) is 17.7 Å². The van der Waals surface area contributed by atoms with Gasteiger partial charge in [-0.15, -0.1) is 0 Å². The highest BCUT2D eigenvalue weighted by atomic mass is 19.1. The lowest BCUT2D eigenvalue weighted by Gasteiger charge is -2.16. The topological polar surface area (TPSA) is 29.5 Å². The molecule has 0 bridgehead atoms. The molecule has 0 heterocycles. The van der Waals surface area contributed by atoms with Gasteiger partial charge in [0.25, 0.3) is 0 Å². The third-order valence-electron chi connectivity index (χ3n) is 3.47. The van der Waals surface area contributed by atoms with Crippen molar-refractivity contribution in [1.82, 2.24) is 0 Å². The number of methoxy groups -OCH3 is 1. The molecule has 1 atom stereocenters. The molecule has 0 fully saturated rings. The Labute approximate surface area is 118 Å². The molecule has 0 spiro atoms. The highest BCUT2D eigenvalue weighted by Crippen LogP contribution is 2.29. The summed E-state index contributed by atoms with van der Waals surface area (Å²) in [6.07, 6.45) is -0.353. The van der Waals surface area contributed by atoms with E-state index in [4.69, 9.17) is 4.74 Å². The van der Waals surface area contributed by atoms with Crippen LogP contribution in [0.25, 0.3) is 0 Å². The molecular formula is C17H19FO2.